The largest absolute Gasteiger partial charge is 0.394 e. The van der Waals surface area contributed by atoms with Crippen molar-refractivity contribution in [3.63, 3.8) is 0 Å². The normalized spacial score (nSPS) is 26.1. The molecule has 20 heavy (non-hydrogen) atoms. The molecule has 0 aliphatic heterocycles. The summed E-state index contributed by atoms with van der Waals surface area (Å²) in [6, 6.07) is 11.5. The molecule has 0 saturated heterocycles. The molecule has 0 heterocycles. The molecule has 4 nitrogen and oxygen atoms in total. The fraction of sp³-hybridized carbons (Fsp3) is 0.500. The summed E-state index contributed by atoms with van der Waals surface area (Å²) >= 11 is 0. The predicted octanol–water partition coefficient (Wildman–Crippen LogP) is 1.65. The van der Waals surface area contributed by atoms with Gasteiger partial charge in [0.2, 0.25) is 5.91 Å². The van der Waals surface area contributed by atoms with Crippen molar-refractivity contribution in [2.45, 2.75) is 32.2 Å². The summed E-state index contributed by atoms with van der Waals surface area (Å²) < 4.78 is 0. The highest BCUT2D eigenvalue weighted by Gasteiger charge is 2.49. The summed E-state index contributed by atoms with van der Waals surface area (Å²) in [7, 11) is 0. The highest BCUT2D eigenvalue weighted by molar-refractivity contribution is 5.86. The average molecular weight is 272 g/mol. The van der Waals surface area contributed by atoms with Crippen molar-refractivity contribution in [3.05, 3.63) is 35.9 Å². The van der Waals surface area contributed by atoms with Gasteiger partial charge in [0, 0.05) is 0 Å². The Kier molecular flexibility index (Phi) is 4.41. The van der Waals surface area contributed by atoms with Crippen LogP contribution < -0.4 is 5.32 Å². The molecule has 0 aromatic heterocycles. The summed E-state index contributed by atoms with van der Waals surface area (Å²) in [6.07, 6.45) is 1.79. The van der Waals surface area contributed by atoms with Gasteiger partial charge in [-0.1, -0.05) is 37.3 Å². The van der Waals surface area contributed by atoms with Crippen molar-refractivity contribution in [2.75, 3.05) is 6.61 Å². The molecule has 2 N–H and O–H groups in total. The average Bonchev–Trinajstić information content (AvgIpc) is 2.43. The molecule has 106 valence electrons. The Morgan fingerprint density at radius 2 is 2.15 bits per heavy atom. The first-order valence-corrected chi connectivity index (χ1v) is 6.96. The topological polar surface area (TPSA) is 73.1 Å². The predicted molar refractivity (Wildman–Crippen MR) is 75.6 cm³/mol. The SMILES string of the molecule is CC1CC(C#N)(C(=O)N[C@@H](CO)Cc2ccccc2)C1. The molecular formula is C16H20N2O2. The maximum absolute atomic E-state index is 12.2. The summed E-state index contributed by atoms with van der Waals surface area (Å²) in [5.74, 6) is 0.176. The van der Waals surface area contributed by atoms with Crippen LogP contribution in [0.4, 0.5) is 0 Å². The van der Waals surface area contributed by atoms with Gasteiger partial charge in [-0.2, -0.15) is 5.26 Å². The van der Waals surface area contributed by atoms with Crippen LogP contribution in [0, 0.1) is 22.7 Å². The molecule has 1 aliphatic carbocycles. The van der Waals surface area contributed by atoms with Crippen LogP contribution in [0.5, 0.6) is 0 Å². The lowest BCUT2D eigenvalue weighted by Crippen LogP contribution is -2.52. The Morgan fingerprint density at radius 1 is 1.50 bits per heavy atom. The zero-order chi connectivity index (χ0) is 14.6. The van der Waals surface area contributed by atoms with E-state index in [0.717, 1.165) is 5.56 Å². The van der Waals surface area contributed by atoms with Crippen LogP contribution in [0.15, 0.2) is 30.3 Å². The molecule has 0 spiro atoms. The van der Waals surface area contributed by atoms with Crippen molar-refractivity contribution in [1.82, 2.24) is 5.32 Å². The number of carbonyl (C=O) groups excluding carboxylic acids is 1. The molecule has 0 radical (unpaired) electrons. The van der Waals surface area contributed by atoms with Crippen molar-refractivity contribution in [1.29, 1.82) is 5.26 Å². The molecule has 1 aliphatic rings. The van der Waals surface area contributed by atoms with Crippen LogP contribution in [0.25, 0.3) is 0 Å². The van der Waals surface area contributed by atoms with Crippen LogP contribution in [-0.4, -0.2) is 23.7 Å². The second-order valence-corrected chi connectivity index (χ2v) is 5.75. The third kappa shape index (κ3) is 3.00. The Hall–Kier alpha value is -1.86. The van der Waals surface area contributed by atoms with Crippen LogP contribution in [0.2, 0.25) is 0 Å². The lowest BCUT2D eigenvalue weighted by Gasteiger charge is -2.40. The Balaban J connectivity index is 1.97. The lowest BCUT2D eigenvalue weighted by molar-refractivity contribution is -0.135. The quantitative estimate of drug-likeness (QED) is 0.856. The highest BCUT2D eigenvalue weighted by Crippen LogP contribution is 2.45. The minimum atomic E-state index is -0.885. The maximum atomic E-state index is 12.2. The standard InChI is InChI=1S/C16H20N2O2/c1-12-8-16(9-12,11-17)15(20)18-14(10-19)7-13-5-3-2-4-6-13/h2-6,12,14,19H,7-10H2,1H3,(H,18,20)/t12?,14-,16?/m1/s1. The van der Waals surface area contributed by atoms with Gasteiger partial charge >= 0.3 is 0 Å². The third-order valence-electron chi connectivity index (χ3n) is 3.92. The first kappa shape index (κ1) is 14.5. The monoisotopic (exact) mass is 272 g/mol. The molecule has 0 bridgehead atoms. The fourth-order valence-corrected chi connectivity index (χ4v) is 2.84. The van der Waals surface area contributed by atoms with Gasteiger partial charge < -0.3 is 10.4 Å². The van der Waals surface area contributed by atoms with Crippen LogP contribution in [0.1, 0.15) is 25.3 Å². The fourth-order valence-electron chi connectivity index (χ4n) is 2.84. The maximum Gasteiger partial charge on any atom is 0.240 e. The number of rotatable bonds is 5. The van der Waals surface area contributed by atoms with Crippen molar-refractivity contribution in [2.24, 2.45) is 11.3 Å². The molecule has 1 aromatic rings. The van der Waals surface area contributed by atoms with Crippen molar-refractivity contribution in [3.8, 4) is 6.07 Å². The van der Waals surface area contributed by atoms with Gasteiger partial charge in [-0.15, -0.1) is 0 Å². The summed E-state index contributed by atoms with van der Waals surface area (Å²) in [5.41, 5.74) is 0.170. The van der Waals surface area contributed by atoms with E-state index in [4.69, 9.17) is 0 Å². The molecule has 4 heteroatoms. The van der Waals surface area contributed by atoms with Gasteiger partial charge in [-0.25, -0.2) is 0 Å². The molecule has 1 aromatic carbocycles. The van der Waals surface area contributed by atoms with E-state index in [0.29, 0.717) is 25.2 Å². The third-order valence-corrected chi connectivity index (χ3v) is 3.92. The van der Waals surface area contributed by atoms with E-state index >= 15 is 0 Å². The second-order valence-electron chi connectivity index (χ2n) is 5.75. The van der Waals surface area contributed by atoms with Crippen molar-refractivity contribution < 1.29 is 9.90 Å². The number of nitrogens with zero attached hydrogens (tertiary/aromatic N) is 1. The molecular weight excluding hydrogens is 252 g/mol. The van der Waals surface area contributed by atoms with E-state index in [9.17, 15) is 15.2 Å². The zero-order valence-corrected chi connectivity index (χ0v) is 11.7. The molecule has 1 atom stereocenters. The first-order chi connectivity index (χ1) is 9.59. The van der Waals surface area contributed by atoms with Gasteiger partial charge in [0.25, 0.3) is 0 Å². The highest BCUT2D eigenvalue weighted by atomic mass is 16.3. The van der Waals surface area contributed by atoms with E-state index in [1.807, 2.05) is 37.3 Å². The Labute approximate surface area is 119 Å². The van der Waals surface area contributed by atoms with Gasteiger partial charge in [0.05, 0.1) is 18.7 Å². The molecule has 0 unspecified atom stereocenters. The Bertz CT molecular complexity index is 501. The zero-order valence-electron chi connectivity index (χ0n) is 11.7. The van der Waals surface area contributed by atoms with E-state index in [2.05, 4.69) is 11.4 Å². The smallest absolute Gasteiger partial charge is 0.240 e. The van der Waals surface area contributed by atoms with Gasteiger partial charge in [0.15, 0.2) is 0 Å². The number of aliphatic hydroxyl groups is 1. The number of nitriles is 1. The van der Waals surface area contributed by atoms with Gasteiger partial charge in [-0.3, -0.25) is 4.79 Å². The Morgan fingerprint density at radius 3 is 2.65 bits per heavy atom. The number of hydrogen-bond donors (Lipinski definition) is 2. The first-order valence-electron chi connectivity index (χ1n) is 6.96. The summed E-state index contributed by atoms with van der Waals surface area (Å²) in [5, 5.41) is 21.5. The summed E-state index contributed by atoms with van der Waals surface area (Å²) in [4.78, 5) is 12.2. The van der Waals surface area contributed by atoms with E-state index in [1.54, 1.807) is 0 Å². The number of carbonyl (C=O) groups is 1. The number of benzene rings is 1. The second kappa shape index (κ2) is 6.06. The van der Waals surface area contributed by atoms with Crippen LogP contribution in [0.3, 0.4) is 0 Å². The molecule has 1 saturated carbocycles. The number of nitrogens with one attached hydrogen (secondary N) is 1. The lowest BCUT2D eigenvalue weighted by atomic mass is 9.63. The number of hydrogen-bond acceptors (Lipinski definition) is 3. The molecule has 1 amide bonds. The summed E-state index contributed by atoms with van der Waals surface area (Å²) in [6.45, 7) is 1.91. The molecule has 1 fully saturated rings. The van der Waals surface area contributed by atoms with E-state index < -0.39 is 5.41 Å². The molecule has 2 rings (SSSR count). The van der Waals surface area contributed by atoms with Crippen LogP contribution in [-0.2, 0) is 11.2 Å². The van der Waals surface area contributed by atoms with E-state index in [-0.39, 0.29) is 18.6 Å². The van der Waals surface area contributed by atoms with E-state index in [1.165, 1.54) is 0 Å². The van der Waals surface area contributed by atoms with Crippen LogP contribution >= 0.6 is 0 Å². The minimum absolute atomic E-state index is 0.127. The van der Waals surface area contributed by atoms with Gasteiger partial charge in [0.1, 0.15) is 5.41 Å². The number of amides is 1. The van der Waals surface area contributed by atoms with Crippen molar-refractivity contribution >= 4 is 5.91 Å². The van der Waals surface area contributed by atoms with Gasteiger partial charge in [-0.05, 0) is 30.7 Å². The minimum Gasteiger partial charge on any atom is -0.394 e. The number of aliphatic hydroxyl groups excluding tert-OH is 1.